The molecule has 0 spiro atoms. The molecule has 0 fully saturated rings. The number of aliphatic carboxylic acids is 1. The maximum atomic E-state index is 12.0. The average Bonchev–Trinajstić information content (AvgIpc) is 2.40. The predicted octanol–water partition coefficient (Wildman–Crippen LogP) is 2.59. The van der Waals surface area contributed by atoms with E-state index in [2.05, 4.69) is 5.32 Å². The van der Waals surface area contributed by atoms with E-state index < -0.39 is 17.9 Å². The maximum absolute atomic E-state index is 12.0. The molecule has 2 atom stereocenters. The van der Waals surface area contributed by atoms with Gasteiger partial charge in [0.05, 0.1) is 5.92 Å². The maximum Gasteiger partial charge on any atom is 0.317 e. The van der Waals surface area contributed by atoms with E-state index in [9.17, 15) is 9.59 Å². The largest absolute Gasteiger partial charge is 0.481 e. The van der Waals surface area contributed by atoms with E-state index in [-0.39, 0.29) is 6.03 Å². The van der Waals surface area contributed by atoms with Crippen molar-refractivity contribution >= 4 is 23.6 Å². The first kappa shape index (κ1) is 16.3. The van der Waals surface area contributed by atoms with Crippen LogP contribution < -0.4 is 5.32 Å². The van der Waals surface area contributed by atoms with Gasteiger partial charge in [-0.15, -0.1) is 0 Å². The zero-order chi connectivity index (χ0) is 15.3. The van der Waals surface area contributed by atoms with Gasteiger partial charge in [-0.1, -0.05) is 29.8 Å². The van der Waals surface area contributed by atoms with E-state index in [1.54, 1.807) is 27.0 Å². The minimum atomic E-state index is -0.938. The van der Waals surface area contributed by atoms with Crippen molar-refractivity contribution < 1.29 is 14.7 Å². The number of amides is 2. The smallest absolute Gasteiger partial charge is 0.317 e. The normalized spacial score (nSPS) is 13.4. The molecule has 0 bridgehead atoms. The number of carbonyl (C=O) groups is 2. The molecule has 0 aliphatic rings. The monoisotopic (exact) mass is 298 g/mol. The van der Waals surface area contributed by atoms with E-state index in [1.807, 2.05) is 18.2 Å². The summed E-state index contributed by atoms with van der Waals surface area (Å²) in [5.74, 6) is -1.58. The van der Waals surface area contributed by atoms with Gasteiger partial charge in [-0.2, -0.15) is 0 Å². The fraction of sp³-hybridized carbons (Fsp3) is 0.429. The first-order valence-electron chi connectivity index (χ1n) is 6.30. The van der Waals surface area contributed by atoms with Crippen molar-refractivity contribution in [3.63, 3.8) is 0 Å². The average molecular weight is 299 g/mol. The van der Waals surface area contributed by atoms with E-state index in [1.165, 1.54) is 4.90 Å². The Hall–Kier alpha value is -1.75. The van der Waals surface area contributed by atoms with E-state index in [0.717, 1.165) is 5.56 Å². The van der Waals surface area contributed by atoms with Gasteiger partial charge in [-0.25, -0.2) is 4.79 Å². The zero-order valence-corrected chi connectivity index (χ0v) is 12.5. The lowest BCUT2D eigenvalue weighted by molar-refractivity contribution is -0.141. The molecule has 110 valence electrons. The van der Waals surface area contributed by atoms with Gasteiger partial charge in [-0.05, 0) is 25.5 Å². The highest BCUT2D eigenvalue weighted by Gasteiger charge is 2.22. The number of carbonyl (C=O) groups excluding carboxylic acids is 1. The fourth-order valence-electron chi connectivity index (χ4n) is 1.60. The minimum absolute atomic E-state index is 0.328. The molecule has 5 nitrogen and oxygen atoms in total. The molecule has 6 heteroatoms. The Morgan fingerprint density at radius 2 is 1.95 bits per heavy atom. The highest BCUT2D eigenvalue weighted by atomic mass is 35.5. The molecule has 0 radical (unpaired) electrons. The quantitative estimate of drug-likeness (QED) is 0.878. The van der Waals surface area contributed by atoms with Gasteiger partial charge in [0.25, 0.3) is 0 Å². The number of hydrogen-bond donors (Lipinski definition) is 2. The summed E-state index contributed by atoms with van der Waals surface area (Å²) in [5, 5.41) is 12.2. The van der Waals surface area contributed by atoms with Crippen LogP contribution in [0.3, 0.4) is 0 Å². The number of carboxylic acids is 1. The number of halogens is 1. The topological polar surface area (TPSA) is 69.6 Å². The molecular weight excluding hydrogens is 280 g/mol. The standard InChI is InChI=1S/C14H19ClN2O3/c1-9(13(18)19)10(2)16-14(20)17(3)8-11-6-4-5-7-12(11)15/h4-7,9-10H,8H2,1-3H3,(H,16,20)(H,18,19). The Bertz CT molecular complexity index is 493. The zero-order valence-electron chi connectivity index (χ0n) is 11.8. The van der Waals surface area contributed by atoms with E-state index in [0.29, 0.717) is 11.6 Å². The molecule has 2 unspecified atom stereocenters. The summed E-state index contributed by atoms with van der Waals surface area (Å²) in [4.78, 5) is 24.3. The number of hydrogen-bond acceptors (Lipinski definition) is 2. The summed E-state index contributed by atoms with van der Waals surface area (Å²) in [5.41, 5.74) is 0.839. The Morgan fingerprint density at radius 3 is 2.50 bits per heavy atom. The third-order valence-corrected chi connectivity index (χ3v) is 3.57. The number of urea groups is 1. The lowest BCUT2D eigenvalue weighted by Crippen LogP contribution is -2.45. The molecule has 1 aromatic carbocycles. The second-order valence-electron chi connectivity index (χ2n) is 4.81. The summed E-state index contributed by atoms with van der Waals surface area (Å²) in [6.07, 6.45) is 0. The number of benzene rings is 1. The molecule has 0 aliphatic heterocycles. The second-order valence-corrected chi connectivity index (χ2v) is 5.22. The molecule has 20 heavy (non-hydrogen) atoms. The first-order chi connectivity index (χ1) is 9.32. The van der Waals surface area contributed by atoms with Crippen LogP contribution in [0.4, 0.5) is 4.79 Å². The molecule has 1 aromatic rings. The molecule has 0 aromatic heterocycles. The summed E-state index contributed by atoms with van der Waals surface area (Å²) in [7, 11) is 1.64. The molecule has 2 N–H and O–H groups in total. The number of rotatable bonds is 5. The minimum Gasteiger partial charge on any atom is -0.481 e. The Morgan fingerprint density at radius 1 is 1.35 bits per heavy atom. The SMILES string of the molecule is CC(NC(=O)N(C)Cc1ccccc1Cl)C(C)C(=O)O. The highest BCUT2D eigenvalue weighted by Crippen LogP contribution is 2.16. The second kappa shape index (κ2) is 7.14. The molecule has 0 saturated heterocycles. The van der Waals surface area contributed by atoms with Gasteiger partial charge in [0, 0.05) is 24.7 Å². The molecule has 2 amide bonds. The summed E-state index contributed by atoms with van der Waals surface area (Å²) >= 11 is 6.03. The summed E-state index contributed by atoms with van der Waals surface area (Å²) < 4.78 is 0. The van der Waals surface area contributed by atoms with Crippen molar-refractivity contribution in [3.8, 4) is 0 Å². The van der Waals surface area contributed by atoms with Gasteiger partial charge >= 0.3 is 12.0 Å². The molecule has 0 saturated carbocycles. The third-order valence-electron chi connectivity index (χ3n) is 3.20. The van der Waals surface area contributed by atoms with Crippen molar-refractivity contribution in [2.75, 3.05) is 7.05 Å². The molecule has 0 heterocycles. The van der Waals surface area contributed by atoms with Crippen LogP contribution in [-0.2, 0) is 11.3 Å². The van der Waals surface area contributed by atoms with Crippen LogP contribution in [0.2, 0.25) is 5.02 Å². The summed E-state index contributed by atoms with van der Waals surface area (Å²) in [6, 6.07) is 6.50. The molecule has 1 rings (SSSR count). The lowest BCUT2D eigenvalue weighted by atomic mass is 10.0. The van der Waals surface area contributed by atoms with Gasteiger partial charge in [0.1, 0.15) is 0 Å². The van der Waals surface area contributed by atoms with Gasteiger partial charge in [-0.3, -0.25) is 4.79 Å². The van der Waals surface area contributed by atoms with Crippen molar-refractivity contribution in [3.05, 3.63) is 34.9 Å². The van der Waals surface area contributed by atoms with E-state index >= 15 is 0 Å². The number of nitrogens with zero attached hydrogens (tertiary/aromatic N) is 1. The van der Waals surface area contributed by atoms with Crippen molar-refractivity contribution in [1.29, 1.82) is 0 Å². The van der Waals surface area contributed by atoms with Gasteiger partial charge < -0.3 is 15.3 Å². The van der Waals surface area contributed by atoms with Crippen LogP contribution in [-0.4, -0.2) is 35.1 Å². The Labute approximate surface area is 123 Å². The van der Waals surface area contributed by atoms with Gasteiger partial charge in [0.15, 0.2) is 0 Å². The Balaban J connectivity index is 2.60. The first-order valence-corrected chi connectivity index (χ1v) is 6.68. The van der Waals surface area contributed by atoms with Crippen LogP contribution in [0.25, 0.3) is 0 Å². The van der Waals surface area contributed by atoms with Crippen LogP contribution in [0, 0.1) is 5.92 Å². The lowest BCUT2D eigenvalue weighted by Gasteiger charge is -2.23. The number of carboxylic acid groups (broad SMARTS) is 1. The van der Waals surface area contributed by atoms with Crippen LogP contribution in [0.15, 0.2) is 24.3 Å². The van der Waals surface area contributed by atoms with Crippen LogP contribution in [0.5, 0.6) is 0 Å². The number of nitrogens with one attached hydrogen (secondary N) is 1. The van der Waals surface area contributed by atoms with E-state index in [4.69, 9.17) is 16.7 Å². The van der Waals surface area contributed by atoms with Crippen molar-refractivity contribution in [2.24, 2.45) is 5.92 Å². The fourth-order valence-corrected chi connectivity index (χ4v) is 1.79. The molecular formula is C14H19ClN2O3. The highest BCUT2D eigenvalue weighted by molar-refractivity contribution is 6.31. The summed E-state index contributed by atoms with van der Waals surface area (Å²) in [6.45, 7) is 3.58. The Kier molecular flexibility index (Phi) is 5.82. The van der Waals surface area contributed by atoms with Crippen molar-refractivity contribution in [1.82, 2.24) is 10.2 Å². The predicted molar refractivity (Wildman–Crippen MR) is 77.7 cm³/mol. The van der Waals surface area contributed by atoms with Crippen LogP contribution in [0.1, 0.15) is 19.4 Å². The van der Waals surface area contributed by atoms with Gasteiger partial charge in [0.2, 0.25) is 0 Å². The molecule has 0 aliphatic carbocycles. The van der Waals surface area contributed by atoms with Crippen molar-refractivity contribution in [2.45, 2.75) is 26.4 Å². The third kappa shape index (κ3) is 4.42. The van der Waals surface area contributed by atoms with Crippen LogP contribution >= 0.6 is 11.6 Å².